The number of nitrogens with zero attached hydrogens (tertiary/aromatic N) is 1. The quantitative estimate of drug-likeness (QED) is 0.357. The van der Waals surface area contributed by atoms with Gasteiger partial charge in [-0.2, -0.15) is 0 Å². The molecule has 1 N–H and O–H groups in total. The Kier molecular flexibility index (Phi) is 11.8. The van der Waals surface area contributed by atoms with E-state index in [9.17, 15) is 9.59 Å². The zero-order chi connectivity index (χ0) is 15.1. The third-order valence-corrected chi connectivity index (χ3v) is 1.64. The first-order chi connectivity index (χ1) is 9.70. The highest BCUT2D eigenvalue weighted by atomic mass is 16.7. The standard InChI is InChI=1S/C11H18N2O7/c1-13-3-5-18-11(15)20-9-7-16-6-8-19-10(14)17-4-2-12/h2-3,12H,4-9H2,1H3. The number of nitrogens with one attached hydrogen (secondary N) is 1. The van der Waals surface area contributed by atoms with Gasteiger partial charge in [-0.3, -0.25) is 4.99 Å². The van der Waals surface area contributed by atoms with Crippen LogP contribution in [0.5, 0.6) is 0 Å². The molecule has 114 valence electrons. The summed E-state index contributed by atoms with van der Waals surface area (Å²) in [4.78, 5) is 25.4. The molecule has 0 aliphatic heterocycles. The zero-order valence-electron chi connectivity index (χ0n) is 11.2. The van der Waals surface area contributed by atoms with Gasteiger partial charge in [-0.05, 0) is 0 Å². The summed E-state index contributed by atoms with van der Waals surface area (Å²) in [6, 6.07) is 0. The molecule has 0 fully saturated rings. The van der Waals surface area contributed by atoms with Gasteiger partial charge >= 0.3 is 12.3 Å². The number of carbonyl (C=O) groups excluding carboxylic acids is 2. The summed E-state index contributed by atoms with van der Waals surface area (Å²) < 4.78 is 23.3. The Labute approximate surface area is 116 Å². The summed E-state index contributed by atoms with van der Waals surface area (Å²) in [5, 5.41) is 6.63. The molecule has 0 heterocycles. The van der Waals surface area contributed by atoms with E-state index in [0.29, 0.717) is 0 Å². The molecule has 0 saturated heterocycles. The van der Waals surface area contributed by atoms with E-state index in [1.165, 1.54) is 6.21 Å². The van der Waals surface area contributed by atoms with E-state index in [4.69, 9.17) is 10.1 Å². The SMILES string of the molecule is CN=CCOC(=O)OCCOCCOC(=O)OCC=N. The van der Waals surface area contributed by atoms with Crippen LogP contribution in [0.15, 0.2) is 4.99 Å². The highest BCUT2D eigenvalue weighted by Crippen LogP contribution is 1.87. The molecule has 0 rings (SSSR count). The van der Waals surface area contributed by atoms with Gasteiger partial charge in [0.2, 0.25) is 0 Å². The maximum Gasteiger partial charge on any atom is 0.508 e. The van der Waals surface area contributed by atoms with Gasteiger partial charge in [-0.25, -0.2) is 9.59 Å². The smallest absolute Gasteiger partial charge is 0.432 e. The predicted octanol–water partition coefficient (Wildman–Crippen LogP) is 0.660. The molecular formula is C11H18N2O7. The fraction of sp³-hybridized carbons (Fsp3) is 0.636. The molecule has 0 aliphatic rings. The van der Waals surface area contributed by atoms with Gasteiger partial charge < -0.3 is 29.1 Å². The Hall–Kier alpha value is -2.16. The molecule has 0 aromatic heterocycles. The molecule has 0 amide bonds. The summed E-state index contributed by atoms with van der Waals surface area (Å²) in [5.41, 5.74) is 0. The lowest BCUT2D eigenvalue weighted by molar-refractivity contribution is 0.0115. The third kappa shape index (κ3) is 12.3. The Balaban J connectivity index is 3.29. The monoisotopic (exact) mass is 290 g/mol. The summed E-state index contributed by atoms with van der Waals surface area (Å²) in [5.74, 6) is 0. The second-order valence-corrected chi connectivity index (χ2v) is 3.08. The van der Waals surface area contributed by atoms with Crippen molar-refractivity contribution in [2.75, 3.05) is 46.7 Å². The van der Waals surface area contributed by atoms with Crippen molar-refractivity contribution in [1.29, 1.82) is 5.41 Å². The van der Waals surface area contributed by atoms with Gasteiger partial charge in [0.1, 0.15) is 26.4 Å². The van der Waals surface area contributed by atoms with Crippen LogP contribution in [0.4, 0.5) is 9.59 Å². The fourth-order valence-corrected chi connectivity index (χ4v) is 0.843. The number of hydrogen-bond acceptors (Lipinski definition) is 9. The van der Waals surface area contributed by atoms with Crippen LogP contribution in [0, 0.1) is 5.41 Å². The van der Waals surface area contributed by atoms with Gasteiger partial charge in [0.15, 0.2) is 0 Å². The van der Waals surface area contributed by atoms with Gasteiger partial charge in [-0.15, -0.1) is 0 Å². The Bertz CT molecular complexity index is 320. The first-order valence-corrected chi connectivity index (χ1v) is 5.77. The number of aliphatic imine (C=N–C) groups is 1. The predicted molar refractivity (Wildman–Crippen MR) is 68.6 cm³/mol. The largest absolute Gasteiger partial charge is 0.508 e. The summed E-state index contributed by atoms with van der Waals surface area (Å²) in [6.45, 7) is 0.255. The van der Waals surface area contributed by atoms with Crippen LogP contribution in [-0.2, 0) is 23.7 Å². The average molecular weight is 290 g/mol. The number of ether oxygens (including phenoxy) is 5. The van der Waals surface area contributed by atoms with Crippen LogP contribution in [0.2, 0.25) is 0 Å². The van der Waals surface area contributed by atoms with Crippen molar-refractivity contribution < 1.29 is 33.3 Å². The lowest BCUT2D eigenvalue weighted by Gasteiger charge is -2.06. The van der Waals surface area contributed by atoms with Crippen LogP contribution >= 0.6 is 0 Å². The van der Waals surface area contributed by atoms with Gasteiger partial charge in [0, 0.05) is 19.5 Å². The molecule has 0 saturated carbocycles. The average Bonchev–Trinajstić information content (AvgIpc) is 2.44. The second-order valence-electron chi connectivity index (χ2n) is 3.08. The number of rotatable bonds is 10. The minimum atomic E-state index is -0.866. The van der Waals surface area contributed by atoms with Crippen LogP contribution in [0.1, 0.15) is 0 Å². The number of hydrogen-bond donors (Lipinski definition) is 1. The molecule has 0 radical (unpaired) electrons. The Morgan fingerprint density at radius 2 is 1.50 bits per heavy atom. The van der Waals surface area contributed by atoms with Gasteiger partial charge in [0.25, 0.3) is 0 Å². The topological polar surface area (TPSA) is 117 Å². The van der Waals surface area contributed by atoms with E-state index in [-0.39, 0.29) is 39.6 Å². The highest BCUT2D eigenvalue weighted by molar-refractivity contribution is 5.65. The molecule has 0 atom stereocenters. The lowest BCUT2D eigenvalue weighted by atomic mass is 10.7. The molecule has 0 bridgehead atoms. The van der Waals surface area contributed by atoms with Crippen molar-refractivity contribution in [3.8, 4) is 0 Å². The van der Waals surface area contributed by atoms with Crippen molar-refractivity contribution in [2.45, 2.75) is 0 Å². The molecule has 9 heteroatoms. The molecule has 0 aliphatic carbocycles. The third-order valence-electron chi connectivity index (χ3n) is 1.64. The maximum atomic E-state index is 10.9. The molecule has 0 aromatic carbocycles. The van der Waals surface area contributed by atoms with Crippen molar-refractivity contribution in [1.82, 2.24) is 0 Å². The van der Waals surface area contributed by atoms with E-state index in [0.717, 1.165) is 6.21 Å². The summed E-state index contributed by atoms with van der Waals surface area (Å²) in [6.07, 6.45) is 0.683. The zero-order valence-corrected chi connectivity index (χ0v) is 11.2. The van der Waals surface area contributed by atoms with Crippen LogP contribution in [-0.4, -0.2) is 71.4 Å². The van der Waals surface area contributed by atoms with E-state index in [1.54, 1.807) is 7.05 Å². The Morgan fingerprint density at radius 1 is 0.950 bits per heavy atom. The fourth-order valence-electron chi connectivity index (χ4n) is 0.843. The second kappa shape index (κ2) is 13.3. The first kappa shape index (κ1) is 17.8. The van der Waals surface area contributed by atoms with E-state index < -0.39 is 12.3 Å². The molecule has 0 aromatic rings. The Morgan fingerprint density at radius 3 is 2.00 bits per heavy atom. The molecular weight excluding hydrogens is 272 g/mol. The van der Waals surface area contributed by atoms with Crippen molar-refractivity contribution >= 4 is 24.7 Å². The van der Waals surface area contributed by atoms with Crippen molar-refractivity contribution in [3.05, 3.63) is 0 Å². The van der Waals surface area contributed by atoms with Crippen LogP contribution < -0.4 is 0 Å². The summed E-state index contributed by atoms with van der Waals surface area (Å²) >= 11 is 0. The molecule has 0 spiro atoms. The highest BCUT2D eigenvalue weighted by Gasteiger charge is 2.03. The van der Waals surface area contributed by atoms with Crippen LogP contribution in [0.3, 0.4) is 0 Å². The van der Waals surface area contributed by atoms with E-state index in [1.807, 2.05) is 0 Å². The molecule has 20 heavy (non-hydrogen) atoms. The maximum absolute atomic E-state index is 10.9. The van der Waals surface area contributed by atoms with Crippen molar-refractivity contribution in [3.63, 3.8) is 0 Å². The normalized spacial score (nSPS) is 10.1. The first-order valence-electron chi connectivity index (χ1n) is 5.77. The van der Waals surface area contributed by atoms with E-state index in [2.05, 4.69) is 23.9 Å². The summed E-state index contributed by atoms with van der Waals surface area (Å²) in [7, 11) is 1.56. The minimum absolute atomic E-state index is 0.00818. The molecule has 0 unspecified atom stereocenters. The molecule has 9 nitrogen and oxygen atoms in total. The van der Waals surface area contributed by atoms with E-state index >= 15 is 0 Å². The van der Waals surface area contributed by atoms with Crippen LogP contribution in [0.25, 0.3) is 0 Å². The van der Waals surface area contributed by atoms with Crippen molar-refractivity contribution in [2.24, 2.45) is 4.99 Å². The lowest BCUT2D eigenvalue weighted by Crippen LogP contribution is -2.16. The minimum Gasteiger partial charge on any atom is -0.432 e. The van der Waals surface area contributed by atoms with Gasteiger partial charge in [-0.1, -0.05) is 0 Å². The van der Waals surface area contributed by atoms with Gasteiger partial charge in [0.05, 0.1) is 13.2 Å². The number of carbonyl (C=O) groups is 2.